The average Bonchev–Trinajstić information content (AvgIpc) is 2.17. The summed E-state index contributed by atoms with van der Waals surface area (Å²) in [6.07, 6.45) is 2.42. The van der Waals surface area contributed by atoms with E-state index in [9.17, 15) is 4.79 Å². The third-order valence-electron chi connectivity index (χ3n) is 1.86. The van der Waals surface area contributed by atoms with Crippen LogP contribution >= 0.6 is 11.6 Å². The standard InChI is InChI=1S/C10H6ClNO/c11-8-1-2-10-9(5-8)7(6-13)3-4-12-10/h1-6H. The van der Waals surface area contributed by atoms with Crippen LogP contribution < -0.4 is 0 Å². The Balaban J connectivity index is 2.86. The third kappa shape index (κ3) is 1.40. The van der Waals surface area contributed by atoms with E-state index in [1.165, 1.54) is 0 Å². The molecular weight excluding hydrogens is 186 g/mol. The lowest BCUT2D eigenvalue weighted by Crippen LogP contribution is -1.85. The summed E-state index contributed by atoms with van der Waals surface area (Å²) in [4.78, 5) is 14.8. The molecule has 2 aromatic rings. The lowest BCUT2D eigenvalue weighted by atomic mass is 10.1. The summed E-state index contributed by atoms with van der Waals surface area (Å²) in [6.45, 7) is 0. The first-order valence-electron chi connectivity index (χ1n) is 3.81. The molecule has 1 heterocycles. The van der Waals surface area contributed by atoms with E-state index in [0.717, 1.165) is 17.2 Å². The van der Waals surface area contributed by atoms with Crippen LogP contribution in [-0.2, 0) is 0 Å². The van der Waals surface area contributed by atoms with Crippen LogP contribution in [0.1, 0.15) is 10.4 Å². The number of halogens is 1. The minimum absolute atomic E-state index is 0.614. The van der Waals surface area contributed by atoms with E-state index in [-0.39, 0.29) is 0 Å². The number of aromatic nitrogens is 1. The Hall–Kier alpha value is -1.41. The second-order valence-corrected chi connectivity index (χ2v) is 3.12. The molecule has 0 bridgehead atoms. The van der Waals surface area contributed by atoms with Gasteiger partial charge in [0.15, 0.2) is 6.29 Å². The third-order valence-corrected chi connectivity index (χ3v) is 2.10. The molecule has 0 saturated carbocycles. The molecule has 0 radical (unpaired) electrons. The van der Waals surface area contributed by atoms with Crippen molar-refractivity contribution in [3.8, 4) is 0 Å². The van der Waals surface area contributed by atoms with Crippen LogP contribution in [0.15, 0.2) is 30.5 Å². The largest absolute Gasteiger partial charge is 0.298 e. The molecule has 2 rings (SSSR count). The van der Waals surface area contributed by atoms with E-state index in [2.05, 4.69) is 4.98 Å². The summed E-state index contributed by atoms with van der Waals surface area (Å²) in [5.74, 6) is 0. The number of benzene rings is 1. The predicted molar refractivity (Wildman–Crippen MR) is 52.1 cm³/mol. The molecule has 0 amide bonds. The first kappa shape index (κ1) is 8.20. The van der Waals surface area contributed by atoms with Gasteiger partial charge in [-0.1, -0.05) is 11.6 Å². The van der Waals surface area contributed by atoms with Crippen LogP contribution in [-0.4, -0.2) is 11.3 Å². The van der Waals surface area contributed by atoms with Gasteiger partial charge in [0.2, 0.25) is 0 Å². The Bertz CT molecular complexity index is 467. The van der Waals surface area contributed by atoms with Crippen LogP contribution in [0.3, 0.4) is 0 Å². The molecule has 0 aliphatic rings. The summed E-state index contributed by atoms with van der Waals surface area (Å²) < 4.78 is 0. The van der Waals surface area contributed by atoms with Crippen molar-refractivity contribution in [2.24, 2.45) is 0 Å². The van der Waals surface area contributed by atoms with Crippen molar-refractivity contribution in [1.82, 2.24) is 4.98 Å². The highest BCUT2D eigenvalue weighted by Gasteiger charge is 2.00. The quantitative estimate of drug-likeness (QED) is 0.649. The number of nitrogens with zero attached hydrogens (tertiary/aromatic N) is 1. The molecule has 1 aromatic carbocycles. The molecule has 0 saturated heterocycles. The van der Waals surface area contributed by atoms with Crippen molar-refractivity contribution in [3.05, 3.63) is 41.0 Å². The first-order valence-corrected chi connectivity index (χ1v) is 4.18. The lowest BCUT2D eigenvalue weighted by molar-refractivity contribution is 0.112. The van der Waals surface area contributed by atoms with Gasteiger partial charge in [-0.3, -0.25) is 9.78 Å². The van der Waals surface area contributed by atoms with Crippen LogP contribution in [0.5, 0.6) is 0 Å². The minimum atomic E-state index is 0.614. The van der Waals surface area contributed by atoms with Gasteiger partial charge in [-0.2, -0.15) is 0 Å². The summed E-state index contributed by atoms with van der Waals surface area (Å²) in [7, 11) is 0. The van der Waals surface area contributed by atoms with Crippen molar-refractivity contribution in [1.29, 1.82) is 0 Å². The lowest BCUT2D eigenvalue weighted by Gasteiger charge is -1.99. The minimum Gasteiger partial charge on any atom is -0.298 e. The number of carbonyl (C=O) groups is 1. The Kier molecular flexibility index (Phi) is 1.99. The van der Waals surface area contributed by atoms with Crippen molar-refractivity contribution < 1.29 is 4.79 Å². The zero-order valence-corrected chi connectivity index (χ0v) is 7.45. The van der Waals surface area contributed by atoms with E-state index in [0.29, 0.717) is 10.6 Å². The van der Waals surface area contributed by atoms with Gasteiger partial charge in [-0.05, 0) is 24.3 Å². The van der Waals surface area contributed by atoms with Crippen molar-refractivity contribution in [2.45, 2.75) is 0 Å². The molecule has 0 fully saturated rings. The van der Waals surface area contributed by atoms with Crippen LogP contribution in [0, 0.1) is 0 Å². The van der Waals surface area contributed by atoms with Gasteiger partial charge < -0.3 is 0 Å². The van der Waals surface area contributed by atoms with Crippen molar-refractivity contribution in [3.63, 3.8) is 0 Å². The molecule has 0 spiro atoms. The number of fused-ring (bicyclic) bond motifs is 1. The summed E-state index contributed by atoms with van der Waals surface area (Å²) in [5.41, 5.74) is 1.40. The normalized spacial score (nSPS) is 10.2. The molecule has 13 heavy (non-hydrogen) atoms. The highest BCUT2D eigenvalue weighted by atomic mass is 35.5. The SMILES string of the molecule is O=Cc1ccnc2ccc(Cl)cc12. The zero-order chi connectivity index (χ0) is 9.26. The fourth-order valence-corrected chi connectivity index (χ4v) is 1.41. The van der Waals surface area contributed by atoms with E-state index in [1.54, 1.807) is 30.5 Å². The number of hydrogen-bond acceptors (Lipinski definition) is 2. The molecule has 0 aliphatic heterocycles. The zero-order valence-electron chi connectivity index (χ0n) is 6.70. The van der Waals surface area contributed by atoms with Gasteiger partial charge >= 0.3 is 0 Å². The number of rotatable bonds is 1. The molecule has 0 unspecified atom stereocenters. The number of pyridine rings is 1. The number of aldehydes is 1. The first-order chi connectivity index (χ1) is 6.31. The smallest absolute Gasteiger partial charge is 0.150 e. The van der Waals surface area contributed by atoms with Crippen LogP contribution in [0.2, 0.25) is 5.02 Å². The highest BCUT2D eigenvalue weighted by Crippen LogP contribution is 2.19. The number of hydrogen-bond donors (Lipinski definition) is 0. The molecule has 0 aliphatic carbocycles. The molecule has 2 nitrogen and oxygen atoms in total. The summed E-state index contributed by atoms with van der Waals surface area (Å²) >= 11 is 5.80. The molecule has 0 atom stereocenters. The molecule has 64 valence electrons. The second-order valence-electron chi connectivity index (χ2n) is 2.68. The predicted octanol–water partition coefficient (Wildman–Crippen LogP) is 2.70. The van der Waals surface area contributed by atoms with Gasteiger partial charge in [0.1, 0.15) is 0 Å². The number of carbonyl (C=O) groups excluding carboxylic acids is 1. The second kappa shape index (κ2) is 3.15. The highest BCUT2D eigenvalue weighted by molar-refractivity contribution is 6.31. The molecule has 3 heteroatoms. The Morgan fingerprint density at radius 3 is 2.92 bits per heavy atom. The van der Waals surface area contributed by atoms with Gasteiger partial charge in [-0.25, -0.2) is 0 Å². The molecular formula is C10H6ClNO. The van der Waals surface area contributed by atoms with Crippen LogP contribution in [0.4, 0.5) is 0 Å². The van der Waals surface area contributed by atoms with E-state index < -0.39 is 0 Å². The monoisotopic (exact) mass is 191 g/mol. The Labute approximate surface area is 80.2 Å². The maximum absolute atomic E-state index is 10.7. The summed E-state index contributed by atoms with van der Waals surface area (Å²) in [6, 6.07) is 6.97. The average molecular weight is 192 g/mol. The van der Waals surface area contributed by atoms with Crippen molar-refractivity contribution >= 4 is 28.8 Å². The fraction of sp³-hybridized carbons (Fsp3) is 0. The maximum atomic E-state index is 10.7. The van der Waals surface area contributed by atoms with Gasteiger partial charge in [0.25, 0.3) is 0 Å². The summed E-state index contributed by atoms with van der Waals surface area (Å²) in [5, 5.41) is 1.41. The Morgan fingerprint density at radius 2 is 2.15 bits per heavy atom. The Morgan fingerprint density at radius 1 is 1.31 bits per heavy atom. The van der Waals surface area contributed by atoms with Gasteiger partial charge in [-0.15, -0.1) is 0 Å². The fourth-order valence-electron chi connectivity index (χ4n) is 1.24. The van der Waals surface area contributed by atoms with E-state index in [1.807, 2.05) is 0 Å². The van der Waals surface area contributed by atoms with E-state index in [4.69, 9.17) is 11.6 Å². The molecule has 1 aromatic heterocycles. The van der Waals surface area contributed by atoms with Gasteiger partial charge in [0, 0.05) is 22.2 Å². The van der Waals surface area contributed by atoms with E-state index >= 15 is 0 Å². The van der Waals surface area contributed by atoms with Crippen molar-refractivity contribution in [2.75, 3.05) is 0 Å². The van der Waals surface area contributed by atoms with Crippen LogP contribution in [0.25, 0.3) is 10.9 Å². The topological polar surface area (TPSA) is 30.0 Å². The maximum Gasteiger partial charge on any atom is 0.150 e. The van der Waals surface area contributed by atoms with Gasteiger partial charge in [0.05, 0.1) is 5.52 Å². The molecule has 0 N–H and O–H groups in total.